The van der Waals surface area contributed by atoms with Crippen LogP contribution in [0.5, 0.6) is 0 Å². The lowest BCUT2D eigenvalue weighted by molar-refractivity contribution is -0.0629. The number of thioether (sulfide) groups is 1. The van der Waals surface area contributed by atoms with E-state index in [4.69, 9.17) is 8.85 Å². The van der Waals surface area contributed by atoms with Crippen LogP contribution < -0.4 is 5.32 Å². The topological polar surface area (TPSA) is 138 Å². The Balaban J connectivity index is 1.46. The van der Waals surface area contributed by atoms with Crippen LogP contribution in [0.4, 0.5) is 10.2 Å². The zero-order valence-corrected chi connectivity index (χ0v) is 20.7. The number of hydrogen-bond acceptors (Lipinski definition) is 10. The summed E-state index contributed by atoms with van der Waals surface area (Å²) >= 11 is 1.41. The van der Waals surface area contributed by atoms with Gasteiger partial charge in [0.15, 0.2) is 22.1 Å². The number of rotatable bonds is 10. The molecule has 0 saturated heterocycles. The van der Waals surface area contributed by atoms with Gasteiger partial charge >= 0.3 is 0 Å². The fourth-order valence-corrected chi connectivity index (χ4v) is 5.14. The Bertz CT molecular complexity index is 1370. The largest absolute Gasteiger partial charge is 0.394 e. The average molecular weight is 522 g/mol. The van der Waals surface area contributed by atoms with Crippen LogP contribution >= 0.6 is 11.8 Å². The van der Waals surface area contributed by atoms with Gasteiger partial charge in [-0.25, -0.2) is 19.0 Å². The second-order valence-corrected chi connectivity index (χ2v) is 10.1. The summed E-state index contributed by atoms with van der Waals surface area (Å²) in [7, 11) is 0. The summed E-state index contributed by atoms with van der Waals surface area (Å²) in [5.74, 6) is 0.442. The highest BCUT2D eigenvalue weighted by molar-refractivity contribution is 7.99. The third-order valence-electron chi connectivity index (χ3n) is 6.51. The molecule has 2 aliphatic rings. The Hall–Kier alpha value is -2.38. The normalized spacial score (nSPS) is 31.3. The molecule has 2 saturated carbocycles. The minimum atomic E-state index is -2.39. The summed E-state index contributed by atoms with van der Waals surface area (Å²) in [6.07, 6.45) is -2.59. The maximum Gasteiger partial charge on any atom is 0.191 e. The number of fused-ring (bicyclic) bond motifs is 1. The van der Waals surface area contributed by atoms with Crippen molar-refractivity contribution in [1.82, 2.24) is 25.0 Å². The van der Waals surface area contributed by atoms with Crippen LogP contribution in [-0.2, 0) is 4.74 Å². The van der Waals surface area contributed by atoms with E-state index >= 15 is 0 Å². The summed E-state index contributed by atoms with van der Waals surface area (Å²) in [4.78, 5) is 9.18. The number of aliphatic hydroxyl groups excluding tert-OH is 3. The number of ether oxygens (including phenoxy) is 1. The number of benzene rings is 1. The quantitative estimate of drug-likeness (QED) is 0.232. The summed E-state index contributed by atoms with van der Waals surface area (Å²) < 4.78 is 45.0. The molecule has 2 heterocycles. The number of aromatic nitrogens is 5. The number of aryl methyl sites for hydroxylation is 1. The monoisotopic (exact) mass is 521 g/mol. The van der Waals surface area contributed by atoms with Crippen molar-refractivity contribution in [1.29, 1.82) is 0 Å². The molecule has 10 nitrogen and oxygen atoms in total. The average Bonchev–Trinajstić information content (AvgIpc) is 3.24. The zero-order valence-electron chi connectivity index (χ0n) is 22.9. The van der Waals surface area contributed by atoms with Crippen LogP contribution in [0.3, 0.4) is 0 Å². The molecule has 4 N–H and O–H groups in total. The standard InChI is InChI=1S/C24H31FN6O4S/c1-3-8-36-24-27-22(26-16-10-14(16)13-5-4-12(2)15(25)9-13)19-23(28-24)31(30-29-19)17-11-18(35-7-6-32)21(34)20(17)33/h4-5,9,14,16-18,20-21,32-34H,3,6-8,10-11H2,1-2H3,(H,26,27,28)/t14-,16+,17+,18-,20-,21+/m0/s1/i7D2,16D. The Morgan fingerprint density at radius 1 is 1.31 bits per heavy atom. The second-order valence-electron chi connectivity index (χ2n) is 9.07. The van der Waals surface area contributed by atoms with Crippen molar-refractivity contribution in [3.63, 3.8) is 0 Å². The summed E-state index contributed by atoms with van der Waals surface area (Å²) in [6.45, 7) is 0.407. The maximum atomic E-state index is 14.2. The van der Waals surface area contributed by atoms with Gasteiger partial charge in [0.05, 0.1) is 29.4 Å². The molecule has 12 heteroatoms. The zero-order chi connectivity index (χ0) is 28.1. The van der Waals surface area contributed by atoms with Crippen molar-refractivity contribution in [3.8, 4) is 0 Å². The number of hydrogen-bond donors (Lipinski definition) is 4. The maximum absolute atomic E-state index is 14.2. The van der Waals surface area contributed by atoms with Gasteiger partial charge < -0.3 is 25.4 Å². The summed E-state index contributed by atoms with van der Waals surface area (Å²) in [5, 5.41) is 42.5. The molecule has 2 aromatic heterocycles. The fraction of sp³-hybridized carbons (Fsp3) is 0.583. The highest BCUT2D eigenvalue weighted by atomic mass is 32.2. The predicted octanol–water partition coefficient (Wildman–Crippen LogP) is 2.18. The van der Waals surface area contributed by atoms with Gasteiger partial charge in [0.25, 0.3) is 0 Å². The van der Waals surface area contributed by atoms with E-state index in [1.54, 1.807) is 13.0 Å². The molecule has 2 aliphatic carbocycles. The molecule has 5 rings (SSSR count). The van der Waals surface area contributed by atoms with Gasteiger partial charge in [-0.3, -0.25) is 0 Å². The molecular weight excluding hydrogens is 487 g/mol. The van der Waals surface area contributed by atoms with E-state index in [-0.39, 0.29) is 35.1 Å². The molecule has 6 atom stereocenters. The molecule has 0 aliphatic heterocycles. The van der Waals surface area contributed by atoms with Crippen molar-refractivity contribution in [2.75, 3.05) is 24.2 Å². The lowest BCUT2D eigenvalue weighted by Crippen LogP contribution is -2.33. The highest BCUT2D eigenvalue weighted by Crippen LogP contribution is 2.44. The Morgan fingerprint density at radius 3 is 2.89 bits per heavy atom. The predicted molar refractivity (Wildman–Crippen MR) is 133 cm³/mol. The van der Waals surface area contributed by atoms with Gasteiger partial charge in [0, 0.05) is 24.1 Å². The van der Waals surface area contributed by atoms with E-state index in [1.807, 2.05) is 13.0 Å². The van der Waals surface area contributed by atoms with Gasteiger partial charge in [-0.1, -0.05) is 36.0 Å². The van der Waals surface area contributed by atoms with Crippen LogP contribution in [0.1, 0.15) is 53.4 Å². The smallest absolute Gasteiger partial charge is 0.191 e. The molecule has 0 bridgehead atoms. The lowest BCUT2D eigenvalue weighted by atomic mass is 10.1. The van der Waals surface area contributed by atoms with Gasteiger partial charge in [-0.2, -0.15) is 0 Å². The van der Waals surface area contributed by atoms with E-state index in [0.29, 0.717) is 22.7 Å². The molecule has 36 heavy (non-hydrogen) atoms. The molecule has 0 spiro atoms. The number of nitrogens with zero attached hydrogens (tertiary/aromatic N) is 5. The van der Waals surface area contributed by atoms with Gasteiger partial charge in [-0.05, 0) is 37.0 Å². The number of aliphatic hydroxyl groups is 3. The Morgan fingerprint density at radius 2 is 2.14 bits per heavy atom. The van der Waals surface area contributed by atoms with Gasteiger partial charge in [0.1, 0.15) is 18.0 Å². The first-order valence-corrected chi connectivity index (χ1v) is 12.9. The van der Waals surface area contributed by atoms with Crippen LogP contribution in [0, 0.1) is 12.7 Å². The van der Waals surface area contributed by atoms with Crippen molar-refractivity contribution >= 4 is 28.7 Å². The van der Waals surface area contributed by atoms with Crippen molar-refractivity contribution in [2.45, 2.75) is 74.6 Å². The minimum absolute atomic E-state index is 0.00600. The molecule has 194 valence electrons. The second kappa shape index (κ2) is 10.5. The SMILES string of the molecule is [2H]C([2H])(CO)O[C@H]1C[C@@H](n2nnc3c(N[C@]4([2H])C[C@H]4c4ccc(C)c(F)c4)nc(SCCC)nc32)[C@H](O)[C@@H]1O. The van der Waals surface area contributed by atoms with Gasteiger partial charge in [-0.15, -0.1) is 5.10 Å². The first-order chi connectivity index (χ1) is 18.5. The van der Waals surface area contributed by atoms with Gasteiger partial charge in [0.2, 0.25) is 0 Å². The van der Waals surface area contributed by atoms with Crippen LogP contribution in [0.25, 0.3) is 11.2 Å². The van der Waals surface area contributed by atoms with E-state index in [2.05, 4.69) is 25.6 Å². The molecule has 0 radical (unpaired) electrons. The highest BCUT2D eigenvalue weighted by Gasteiger charge is 2.45. The lowest BCUT2D eigenvalue weighted by Gasteiger charge is -2.17. The molecule has 0 amide bonds. The van der Waals surface area contributed by atoms with E-state index < -0.39 is 43.5 Å². The molecule has 3 aromatic rings. The molecular formula is C24H31FN6O4S. The van der Waals surface area contributed by atoms with Crippen LogP contribution in [0.2, 0.25) is 0 Å². The Labute approximate surface area is 216 Å². The first kappa shape index (κ1) is 21.7. The summed E-state index contributed by atoms with van der Waals surface area (Å²) in [5.41, 5.74) is 1.79. The Kier molecular flexibility index (Phi) is 6.35. The van der Waals surface area contributed by atoms with Crippen LogP contribution in [-0.4, -0.2) is 83.5 Å². The minimum Gasteiger partial charge on any atom is -0.394 e. The fourth-order valence-electron chi connectivity index (χ4n) is 4.45. The van der Waals surface area contributed by atoms with E-state index in [0.717, 1.165) is 12.2 Å². The molecule has 2 fully saturated rings. The van der Waals surface area contributed by atoms with Crippen molar-refractivity contribution in [2.24, 2.45) is 0 Å². The number of halogens is 1. The van der Waals surface area contributed by atoms with Crippen molar-refractivity contribution < 1.29 is 28.6 Å². The first-order valence-electron chi connectivity index (χ1n) is 13.4. The third kappa shape index (κ3) is 4.92. The van der Waals surface area contributed by atoms with E-state index in [9.17, 15) is 19.7 Å². The number of anilines is 1. The van der Waals surface area contributed by atoms with E-state index in [1.165, 1.54) is 22.5 Å². The molecule has 1 aromatic carbocycles. The number of nitrogens with one attached hydrogen (secondary N) is 1. The molecule has 0 unspecified atom stereocenters. The van der Waals surface area contributed by atoms with Crippen LogP contribution in [0.15, 0.2) is 23.4 Å². The van der Waals surface area contributed by atoms with Crippen molar-refractivity contribution in [3.05, 3.63) is 35.1 Å². The summed E-state index contributed by atoms with van der Waals surface area (Å²) in [6, 6.07) is 2.99. The third-order valence-corrected chi connectivity index (χ3v) is 7.57.